The van der Waals surface area contributed by atoms with Gasteiger partial charge < -0.3 is 25.0 Å². The number of nitrogens with zero attached hydrogens (tertiary/aromatic N) is 1. The van der Waals surface area contributed by atoms with Crippen molar-refractivity contribution in [3.8, 4) is 11.5 Å². The van der Waals surface area contributed by atoms with Crippen molar-refractivity contribution in [2.24, 2.45) is 5.92 Å². The van der Waals surface area contributed by atoms with Gasteiger partial charge in [0.15, 0.2) is 11.5 Å². The minimum absolute atomic E-state index is 0.0872. The summed E-state index contributed by atoms with van der Waals surface area (Å²) in [7, 11) is 3.24. The lowest BCUT2D eigenvalue weighted by molar-refractivity contribution is -0.132. The summed E-state index contributed by atoms with van der Waals surface area (Å²) in [6.45, 7) is 3.37. The Bertz CT molecular complexity index is 673. The largest absolute Gasteiger partial charge is 0.493 e. The first-order chi connectivity index (χ1) is 12.6. The number of ether oxygens (including phenoxy) is 2. The van der Waals surface area contributed by atoms with Crippen molar-refractivity contribution in [3.63, 3.8) is 0 Å². The highest BCUT2D eigenvalue weighted by atomic mass is 16.5. The Kier molecular flexibility index (Phi) is 5.98. The van der Waals surface area contributed by atoms with E-state index in [0.717, 1.165) is 30.8 Å². The molecule has 0 spiro atoms. The number of hydrogen-bond acceptors (Lipinski definition) is 5. The van der Waals surface area contributed by atoms with E-state index in [1.165, 1.54) is 5.56 Å². The number of fused-ring (bicyclic) bond motifs is 1. The van der Waals surface area contributed by atoms with Crippen molar-refractivity contribution in [1.82, 2.24) is 15.5 Å². The first-order valence-electron chi connectivity index (χ1n) is 9.12. The molecule has 2 heterocycles. The van der Waals surface area contributed by atoms with E-state index in [4.69, 9.17) is 9.47 Å². The number of rotatable bonds is 7. The predicted molar refractivity (Wildman–Crippen MR) is 97.3 cm³/mol. The summed E-state index contributed by atoms with van der Waals surface area (Å²) in [5, 5.41) is 5.98. The summed E-state index contributed by atoms with van der Waals surface area (Å²) in [5.74, 6) is 1.72. The maximum atomic E-state index is 12.5. The summed E-state index contributed by atoms with van der Waals surface area (Å²) in [5.41, 5.74) is 2.31. The second kappa shape index (κ2) is 8.40. The van der Waals surface area contributed by atoms with Crippen LogP contribution in [0.2, 0.25) is 0 Å². The summed E-state index contributed by atoms with van der Waals surface area (Å²) < 4.78 is 10.7. The van der Waals surface area contributed by atoms with Gasteiger partial charge in [-0.1, -0.05) is 0 Å². The highest BCUT2D eigenvalue weighted by molar-refractivity contribution is 5.80. The summed E-state index contributed by atoms with van der Waals surface area (Å²) in [6, 6.07) is 3.96. The SMILES string of the molecule is COc1cc2c(cc1OC)CN(C(=O)CCCNC(=O)C1CNC1)CC2. The van der Waals surface area contributed by atoms with Gasteiger partial charge in [0.2, 0.25) is 11.8 Å². The van der Waals surface area contributed by atoms with Crippen LogP contribution in [0.5, 0.6) is 11.5 Å². The lowest BCUT2D eigenvalue weighted by Crippen LogP contribution is -2.50. The zero-order valence-electron chi connectivity index (χ0n) is 15.5. The summed E-state index contributed by atoms with van der Waals surface area (Å²) >= 11 is 0. The van der Waals surface area contributed by atoms with Gasteiger partial charge in [0, 0.05) is 39.1 Å². The Morgan fingerprint density at radius 3 is 2.50 bits per heavy atom. The quantitative estimate of drug-likeness (QED) is 0.699. The van der Waals surface area contributed by atoms with Crippen LogP contribution < -0.4 is 20.1 Å². The lowest BCUT2D eigenvalue weighted by atomic mass is 9.98. The third-order valence-corrected chi connectivity index (χ3v) is 5.09. The van der Waals surface area contributed by atoms with Crippen LogP contribution in [0.25, 0.3) is 0 Å². The van der Waals surface area contributed by atoms with Crippen LogP contribution in [-0.4, -0.2) is 57.1 Å². The van der Waals surface area contributed by atoms with Crippen LogP contribution in [-0.2, 0) is 22.6 Å². The molecule has 2 N–H and O–H groups in total. The van der Waals surface area contributed by atoms with Gasteiger partial charge in [0.05, 0.1) is 20.1 Å². The maximum Gasteiger partial charge on any atom is 0.225 e. The van der Waals surface area contributed by atoms with Crippen molar-refractivity contribution in [1.29, 1.82) is 0 Å². The van der Waals surface area contributed by atoms with E-state index in [-0.39, 0.29) is 17.7 Å². The first kappa shape index (κ1) is 18.5. The molecule has 2 aliphatic heterocycles. The molecule has 142 valence electrons. The lowest BCUT2D eigenvalue weighted by Gasteiger charge is -2.30. The van der Waals surface area contributed by atoms with Crippen molar-refractivity contribution in [3.05, 3.63) is 23.3 Å². The van der Waals surface area contributed by atoms with E-state index < -0.39 is 0 Å². The Morgan fingerprint density at radius 2 is 1.88 bits per heavy atom. The van der Waals surface area contributed by atoms with E-state index in [2.05, 4.69) is 10.6 Å². The average Bonchev–Trinajstić information content (AvgIpc) is 2.61. The van der Waals surface area contributed by atoms with Gasteiger partial charge in [-0.2, -0.15) is 0 Å². The van der Waals surface area contributed by atoms with Crippen LogP contribution in [0.3, 0.4) is 0 Å². The second-order valence-electron chi connectivity index (χ2n) is 6.79. The zero-order valence-corrected chi connectivity index (χ0v) is 15.5. The molecule has 1 saturated heterocycles. The average molecular weight is 361 g/mol. The van der Waals surface area contributed by atoms with Crippen LogP contribution in [0.15, 0.2) is 12.1 Å². The number of benzene rings is 1. The van der Waals surface area contributed by atoms with Crippen LogP contribution in [0.4, 0.5) is 0 Å². The number of carbonyl (C=O) groups is 2. The van der Waals surface area contributed by atoms with Gasteiger partial charge in [-0.05, 0) is 36.1 Å². The normalized spacial score (nSPS) is 16.5. The molecule has 1 aromatic rings. The molecule has 7 heteroatoms. The fourth-order valence-electron chi connectivity index (χ4n) is 3.32. The molecule has 0 aromatic heterocycles. The monoisotopic (exact) mass is 361 g/mol. The van der Waals surface area contributed by atoms with Gasteiger partial charge in [0.1, 0.15) is 0 Å². The molecule has 7 nitrogen and oxygen atoms in total. The van der Waals surface area contributed by atoms with E-state index in [9.17, 15) is 9.59 Å². The third kappa shape index (κ3) is 4.09. The maximum absolute atomic E-state index is 12.5. The van der Waals surface area contributed by atoms with Crippen molar-refractivity contribution < 1.29 is 19.1 Å². The highest BCUT2D eigenvalue weighted by Crippen LogP contribution is 2.33. The molecule has 26 heavy (non-hydrogen) atoms. The van der Waals surface area contributed by atoms with Gasteiger partial charge >= 0.3 is 0 Å². The predicted octanol–water partition coefficient (Wildman–Crippen LogP) is 0.704. The first-order valence-corrected chi connectivity index (χ1v) is 9.12. The molecular weight excluding hydrogens is 334 g/mol. The minimum Gasteiger partial charge on any atom is -0.493 e. The molecule has 1 fully saturated rings. The third-order valence-electron chi connectivity index (χ3n) is 5.09. The number of methoxy groups -OCH3 is 2. The van der Waals surface area contributed by atoms with Gasteiger partial charge in [-0.25, -0.2) is 0 Å². The Labute approximate surface area is 154 Å². The van der Waals surface area contributed by atoms with Crippen LogP contribution in [0.1, 0.15) is 24.0 Å². The highest BCUT2D eigenvalue weighted by Gasteiger charge is 2.25. The van der Waals surface area contributed by atoms with E-state index in [1.807, 2.05) is 17.0 Å². The molecule has 2 amide bonds. The molecule has 0 saturated carbocycles. The topological polar surface area (TPSA) is 79.9 Å². The number of hydrogen-bond donors (Lipinski definition) is 2. The van der Waals surface area contributed by atoms with Gasteiger partial charge in [-0.15, -0.1) is 0 Å². The van der Waals surface area contributed by atoms with Crippen LogP contribution in [0, 0.1) is 5.92 Å². The molecule has 2 aliphatic rings. The van der Waals surface area contributed by atoms with E-state index in [1.54, 1.807) is 14.2 Å². The van der Waals surface area contributed by atoms with Crippen molar-refractivity contribution in [2.45, 2.75) is 25.8 Å². The minimum atomic E-state index is 0.0872. The van der Waals surface area contributed by atoms with Crippen molar-refractivity contribution in [2.75, 3.05) is 40.4 Å². The molecule has 1 aromatic carbocycles. The van der Waals surface area contributed by atoms with E-state index in [0.29, 0.717) is 38.2 Å². The van der Waals surface area contributed by atoms with E-state index >= 15 is 0 Å². The van der Waals surface area contributed by atoms with Gasteiger partial charge in [-0.3, -0.25) is 9.59 Å². The van der Waals surface area contributed by atoms with Crippen molar-refractivity contribution >= 4 is 11.8 Å². The smallest absolute Gasteiger partial charge is 0.225 e. The summed E-state index contributed by atoms with van der Waals surface area (Å²) in [6.07, 6.45) is 1.93. The Balaban J connectivity index is 1.48. The fourth-order valence-corrected chi connectivity index (χ4v) is 3.32. The molecule has 0 bridgehead atoms. The molecule has 0 atom stereocenters. The Hall–Kier alpha value is -2.28. The number of amides is 2. The van der Waals surface area contributed by atoms with Gasteiger partial charge in [0.25, 0.3) is 0 Å². The number of nitrogens with one attached hydrogen (secondary N) is 2. The fraction of sp³-hybridized carbons (Fsp3) is 0.579. The molecule has 0 aliphatic carbocycles. The Morgan fingerprint density at radius 1 is 1.19 bits per heavy atom. The zero-order chi connectivity index (χ0) is 18.5. The molecule has 0 radical (unpaired) electrons. The standard InChI is InChI=1S/C19H27N3O4/c1-25-16-8-13-5-7-22(12-14(13)9-17(16)26-2)18(23)4-3-6-21-19(24)15-10-20-11-15/h8-9,15,20H,3-7,10-12H2,1-2H3,(H,21,24). The molecule has 0 unspecified atom stereocenters. The number of carbonyl (C=O) groups excluding carboxylic acids is 2. The molecule has 3 rings (SSSR count). The summed E-state index contributed by atoms with van der Waals surface area (Å²) in [4.78, 5) is 26.1. The second-order valence-corrected chi connectivity index (χ2v) is 6.79. The van der Waals surface area contributed by atoms with Crippen LogP contribution >= 0.6 is 0 Å². The molecular formula is C19H27N3O4.